The molecule has 0 spiro atoms. The van der Waals surface area contributed by atoms with E-state index in [2.05, 4.69) is 18.7 Å². The molecule has 0 aliphatic carbocycles. The fourth-order valence-corrected chi connectivity index (χ4v) is 2.24. The van der Waals surface area contributed by atoms with Crippen LogP contribution in [0.5, 0.6) is 5.75 Å². The van der Waals surface area contributed by atoms with Gasteiger partial charge in [0.25, 0.3) is 0 Å². The average molecular weight is 235 g/mol. The van der Waals surface area contributed by atoms with Crippen molar-refractivity contribution in [3.63, 3.8) is 0 Å². The highest BCUT2D eigenvalue weighted by Gasteiger charge is 2.36. The minimum Gasteiger partial charge on any atom is -0.497 e. The number of methoxy groups -OCH3 is 1. The lowest BCUT2D eigenvalue weighted by Gasteiger charge is -2.47. The van der Waals surface area contributed by atoms with E-state index < -0.39 is 5.97 Å². The van der Waals surface area contributed by atoms with Crippen molar-refractivity contribution in [2.24, 2.45) is 5.41 Å². The molecule has 0 amide bonds. The van der Waals surface area contributed by atoms with Gasteiger partial charge >= 0.3 is 5.97 Å². The Bertz CT molecular complexity index is 446. The van der Waals surface area contributed by atoms with Crippen molar-refractivity contribution in [1.29, 1.82) is 0 Å². The first-order chi connectivity index (χ1) is 7.93. The molecule has 92 valence electrons. The third-order valence-corrected chi connectivity index (χ3v) is 3.01. The highest BCUT2D eigenvalue weighted by molar-refractivity contribution is 5.95. The number of anilines is 1. The number of hydrogen-bond donors (Lipinski definition) is 1. The molecule has 0 bridgehead atoms. The van der Waals surface area contributed by atoms with Gasteiger partial charge in [-0.3, -0.25) is 0 Å². The maximum Gasteiger partial charge on any atom is 0.337 e. The second kappa shape index (κ2) is 3.95. The quantitative estimate of drug-likeness (QED) is 0.873. The number of carboxylic acids is 1. The Hall–Kier alpha value is -1.71. The standard InChI is InChI=1S/C13H17NO3/c1-13(2)7-14(8-13)11-6-9(17-3)4-5-10(11)12(15)16/h4-6H,7-8H2,1-3H3,(H,15,16). The Morgan fingerprint density at radius 2 is 2.06 bits per heavy atom. The molecule has 0 saturated carbocycles. The first kappa shape index (κ1) is 11.8. The number of carboxylic acid groups (broad SMARTS) is 1. The van der Waals surface area contributed by atoms with Crippen LogP contribution < -0.4 is 9.64 Å². The van der Waals surface area contributed by atoms with Gasteiger partial charge in [0.1, 0.15) is 5.75 Å². The lowest BCUT2D eigenvalue weighted by Crippen LogP contribution is -2.53. The SMILES string of the molecule is COc1ccc(C(=O)O)c(N2CC(C)(C)C2)c1. The number of ether oxygens (including phenoxy) is 1. The maximum atomic E-state index is 11.2. The van der Waals surface area contributed by atoms with Gasteiger partial charge in [0, 0.05) is 19.2 Å². The van der Waals surface area contributed by atoms with E-state index in [1.54, 1.807) is 25.3 Å². The summed E-state index contributed by atoms with van der Waals surface area (Å²) < 4.78 is 5.14. The molecule has 1 heterocycles. The van der Waals surface area contributed by atoms with Gasteiger partial charge in [-0.15, -0.1) is 0 Å². The largest absolute Gasteiger partial charge is 0.497 e. The Labute approximate surface area is 101 Å². The monoisotopic (exact) mass is 235 g/mol. The Morgan fingerprint density at radius 3 is 2.53 bits per heavy atom. The zero-order valence-corrected chi connectivity index (χ0v) is 10.4. The minimum atomic E-state index is -0.896. The molecule has 0 atom stereocenters. The van der Waals surface area contributed by atoms with Crippen LogP contribution in [0.25, 0.3) is 0 Å². The molecule has 1 aliphatic rings. The fourth-order valence-electron chi connectivity index (χ4n) is 2.24. The summed E-state index contributed by atoms with van der Waals surface area (Å²) in [4.78, 5) is 13.2. The summed E-state index contributed by atoms with van der Waals surface area (Å²) in [6.45, 7) is 6.09. The first-order valence-electron chi connectivity index (χ1n) is 5.59. The van der Waals surface area contributed by atoms with Crippen molar-refractivity contribution < 1.29 is 14.6 Å². The molecule has 4 heteroatoms. The highest BCUT2D eigenvalue weighted by atomic mass is 16.5. The molecule has 17 heavy (non-hydrogen) atoms. The molecule has 4 nitrogen and oxygen atoms in total. The topological polar surface area (TPSA) is 49.8 Å². The molecule has 0 aromatic heterocycles. The normalized spacial score (nSPS) is 17.5. The summed E-state index contributed by atoms with van der Waals surface area (Å²) in [6, 6.07) is 5.07. The van der Waals surface area contributed by atoms with Crippen molar-refractivity contribution in [2.75, 3.05) is 25.1 Å². The van der Waals surface area contributed by atoms with Gasteiger partial charge in [0.05, 0.1) is 18.4 Å². The van der Waals surface area contributed by atoms with Crippen LogP contribution in [0.15, 0.2) is 18.2 Å². The summed E-state index contributed by atoms with van der Waals surface area (Å²) >= 11 is 0. The van der Waals surface area contributed by atoms with E-state index in [9.17, 15) is 4.79 Å². The molecule has 1 aromatic carbocycles. The van der Waals surface area contributed by atoms with Crippen LogP contribution in [0.2, 0.25) is 0 Å². The van der Waals surface area contributed by atoms with Gasteiger partial charge in [0.2, 0.25) is 0 Å². The molecule has 0 radical (unpaired) electrons. The van der Waals surface area contributed by atoms with E-state index in [4.69, 9.17) is 9.84 Å². The maximum absolute atomic E-state index is 11.2. The van der Waals surface area contributed by atoms with Crippen molar-refractivity contribution in [1.82, 2.24) is 0 Å². The van der Waals surface area contributed by atoms with Gasteiger partial charge < -0.3 is 14.7 Å². The molecular weight excluding hydrogens is 218 g/mol. The lowest BCUT2D eigenvalue weighted by molar-refractivity contribution is 0.0696. The fraction of sp³-hybridized carbons (Fsp3) is 0.462. The molecule has 2 rings (SSSR count). The molecule has 1 fully saturated rings. The number of hydrogen-bond acceptors (Lipinski definition) is 3. The Morgan fingerprint density at radius 1 is 1.41 bits per heavy atom. The van der Waals surface area contributed by atoms with E-state index in [0.29, 0.717) is 11.3 Å². The highest BCUT2D eigenvalue weighted by Crippen LogP contribution is 2.36. The van der Waals surface area contributed by atoms with Crippen molar-refractivity contribution in [3.8, 4) is 5.75 Å². The van der Waals surface area contributed by atoms with Crippen LogP contribution in [-0.4, -0.2) is 31.3 Å². The summed E-state index contributed by atoms with van der Waals surface area (Å²) in [5.41, 5.74) is 1.34. The summed E-state index contributed by atoms with van der Waals surface area (Å²) in [7, 11) is 1.58. The van der Waals surface area contributed by atoms with Gasteiger partial charge in [-0.05, 0) is 17.5 Å². The van der Waals surface area contributed by atoms with Crippen molar-refractivity contribution >= 4 is 11.7 Å². The second-order valence-corrected chi connectivity index (χ2v) is 5.21. The number of rotatable bonds is 3. The van der Waals surface area contributed by atoms with Gasteiger partial charge in [-0.1, -0.05) is 13.8 Å². The number of benzene rings is 1. The second-order valence-electron chi connectivity index (χ2n) is 5.21. The Kier molecular flexibility index (Phi) is 2.73. The van der Waals surface area contributed by atoms with Crippen molar-refractivity contribution in [3.05, 3.63) is 23.8 Å². The van der Waals surface area contributed by atoms with Crippen LogP contribution >= 0.6 is 0 Å². The third-order valence-electron chi connectivity index (χ3n) is 3.01. The average Bonchev–Trinajstić information content (AvgIpc) is 2.24. The zero-order valence-electron chi connectivity index (χ0n) is 10.4. The molecule has 0 unspecified atom stereocenters. The Balaban J connectivity index is 2.33. The number of aromatic carboxylic acids is 1. The van der Waals surface area contributed by atoms with Crippen LogP contribution in [0.3, 0.4) is 0 Å². The predicted molar refractivity (Wildman–Crippen MR) is 65.9 cm³/mol. The van der Waals surface area contributed by atoms with E-state index >= 15 is 0 Å². The first-order valence-corrected chi connectivity index (χ1v) is 5.59. The summed E-state index contributed by atoms with van der Waals surface area (Å²) in [5, 5.41) is 9.16. The minimum absolute atomic E-state index is 0.263. The van der Waals surface area contributed by atoms with E-state index in [1.807, 2.05) is 0 Å². The lowest BCUT2D eigenvalue weighted by atomic mass is 9.83. The van der Waals surface area contributed by atoms with Crippen LogP contribution in [0.1, 0.15) is 24.2 Å². The molecule has 1 saturated heterocycles. The van der Waals surface area contributed by atoms with Crippen LogP contribution in [0.4, 0.5) is 5.69 Å². The van der Waals surface area contributed by atoms with Gasteiger partial charge in [-0.25, -0.2) is 4.79 Å². The molecular formula is C13H17NO3. The van der Waals surface area contributed by atoms with Crippen LogP contribution in [0, 0.1) is 5.41 Å². The van der Waals surface area contributed by atoms with Crippen molar-refractivity contribution in [2.45, 2.75) is 13.8 Å². The predicted octanol–water partition coefficient (Wildman–Crippen LogP) is 2.24. The number of nitrogens with zero attached hydrogens (tertiary/aromatic N) is 1. The van der Waals surface area contributed by atoms with E-state index in [0.717, 1.165) is 18.8 Å². The number of carbonyl (C=O) groups is 1. The van der Waals surface area contributed by atoms with Gasteiger partial charge in [0.15, 0.2) is 0 Å². The van der Waals surface area contributed by atoms with E-state index in [-0.39, 0.29) is 5.41 Å². The summed E-state index contributed by atoms with van der Waals surface area (Å²) in [6.07, 6.45) is 0. The zero-order chi connectivity index (χ0) is 12.6. The molecule has 1 N–H and O–H groups in total. The van der Waals surface area contributed by atoms with Crippen LogP contribution in [-0.2, 0) is 0 Å². The van der Waals surface area contributed by atoms with Gasteiger partial charge in [-0.2, -0.15) is 0 Å². The molecule has 1 aromatic rings. The molecule has 1 aliphatic heterocycles. The third kappa shape index (κ3) is 2.20. The smallest absolute Gasteiger partial charge is 0.337 e. The van der Waals surface area contributed by atoms with E-state index in [1.165, 1.54) is 0 Å². The summed E-state index contributed by atoms with van der Waals surface area (Å²) in [5.74, 6) is -0.206.